The van der Waals surface area contributed by atoms with Gasteiger partial charge in [0, 0.05) is 11.8 Å². The number of carbonyl (C=O) groups is 1. The smallest absolute Gasteiger partial charge is 0.332 e. The Morgan fingerprint density at radius 2 is 2.38 bits per heavy atom. The maximum Gasteiger partial charge on any atom is 0.332 e. The zero-order chi connectivity index (χ0) is 10.1. The zero-order valence-electron chi connectivity index (χ0n) is 7.75. The zero-order valence-corrected chi connectivity index (χ0v) is 7.75. The molecular weight excluding hydrogens is 168 g/mol. The van der Waals surface area contributed by atoms with E-state index in [2.05, 4.69) is 4.74 Å². The van der Waals surface area contributed by atoms with Crippen molar-refractivity contribution >= 4 is 5.97 Å². The van der Waals surface area contributed by atoms with E-state index in [9.17, 15) is 4.79 Å². The Hall–Kier alpha value is -1.50. The van der Waals surface area contributed by atoms with Crippen LogP contribution in [0.1, 0.15) is 26.2 Å². The standard InChI is InChI=1S/C9H14N2O2/c1-2-4-8(11)7-9(12)13-6-3-5-10/h7H,2-4,6,11H2,1H3. The van der Waals surface area contributed by atoms with E-state index < -0.39 is 5.97 Å². The minimum Gasteiger partial charge on any atom is -0.461 e. The molecule has 72 valence electrons. The topological polar surface area (TPSA) is 76.1 Å². The second-order valence-corrected chi connectivity index (χ2v) is 2.54. The third-order valence-corrected chi connectivity index (χ3v) is 1.30. The van der Waals surface area contributed by atoms with Gasteiger partial charge < -0.3 is 10.5 Å². The summed E-state index contributed by atoms with van der Waals surface area (Å²) in [6.07, 6.45) is 3.06. The predicted octanol–water partition coefficient (Wildman–Crippen LogP) is 1.09. The summed E-state index contributed by atoms with van der Waals surface area (Å²) in [6, 6.07) is 1.87. The summed E-state index contributed by atoms with van der Waals surface area (Å²) >= 11 is 0. The van der Waals surface area contributed by atoms with Gasteiger partial charge in [-0.25, -0.2) is 4.79 Å². The van der Waals surface area contributed by atoms with Gasteiger partial charge in [0.2, 0.25) is 0 Å². The lowest BCUT2D eigenvalue weighted by atomic mass is 10.2. The van der Waals surface area contributed by atoms with Gasteiger partial charge in [0.15, 0.2) is 0 Å². The third kappa shape index (κ3) is 6.88. The van der Waals surface area contributed by atoms with Gasteiger partial charge in [0.25, 0.3) is 0 Å². The Morgan fingerprint density at radius 1 is 1.69 bits per heavy atom. The van der Waals surface area contributed by atoms with Crippen molar-refractivity contribution in [3.8, 4) is 6.07 Å². The fourth-order valence-corrected chi connectivity index (χ4v) is 0.751. The van der Waals surface area contributed by atoms with Crippen LogP contribution in [-0.2, 0) is 9.53 Å². The van der Waals surface area contributed by atoms with Gasteiger partial charge in [-0.1, -0.05) is 13.3 Å². The van der Waals surface area contributed by atoms with Crippen molar-refractivity contribution in [3.63, 3.8) is 0 Å². The lowest BCUT2D eigenvalue weighted by Crippen LogP contribution is -2.06. The number of hydrogen-bond donors (Lipinski definition) is 1. The lowest BCUT2D eigenvalue weighted by molar-refractivity contribution is -0.137. The van der Waals surface area contributed by atoms with Gasteiger partial charge in [0.05, 0.1) is 12.5 Å². The van der Waals surface area contributed by atoms with Crippen molar-refractivity contribution in [1.29, 1.82) is 5.26 Å². The van der Waals surface area contributed by atoms with Crippen molar-refractivity contribution in [2.75, 3.05) is 6.61 Å². The Bertz CT molecular complexity index is 228. The highest BCUT2D eigenvalue weighted by molar-refractivity contribution is 5.82. The van der Waals surface area contributed by atoms with E-state index >= 15 is 0 Å². The first kappa shape index (κ1) is 11.5. The molecule has 0 amide bonds. The summed E-state index contributed by atoms with van der Waals surface area (Å²) in [5.74, 6) is -0.471. The molecule has 0 aromatic rings. The molecule has 0 aliphatic carbocycles. The van der Waals surface area contributed by atoms with Crippen LogP contribution in [-0.4, -0.2) is 12.6 Å². The van der Waals surface area contributed by atoms with E-state index in [-0.39, 0.29) is 13.0 Å². The number of esters is 1. The normalized spacial score (nSPS) is 10.6. The maximum absolute atomic E-state index is 10.9. The highest BCUT2D eigenvalue weighted by atomic mass is 16.5. The molecule has 0 fully saturated rings. The summed E-state index contributed by atoms with van der Waals surface area (Å²) in [5.41, 5.74) is 6.00. The van der Waals surface area contributed by atoms with Crippen LogP contribution in [0.5, 0.6) is 0 Å². The molecule has 4 heteroatoms. The van der Waals surface area contributed by atoms with Crippen molar-refractivity contribution < 1.29 is 9.53 Å². The summed E-state index contributed by atoms with van der Waals surface area (Å²) < 4.78 is 4.68. The minimum atomic E-state index is -0.471. The van der Waals surface area contributed by atoms with Gasteiger partial charge in [-0.05, 0) is 6.42 Å². The average molecular weight is 182 g/mol. The second-order valence-electron chi connectivity index (χ2n) is 2.54. The molecule has 0 atom stereocenters. The number of nitriles is 1. The maximum atomic E-state index is 10.9. The first-order valence-electron chi connectivity index (χ1n) is 4.20. The SMILES string of the molecule is CCCC(N)=CC(=O)OCCC#N. The van der Waals surface area contributed by atoms with Gasteiger partial charge >= 0.3 is 5.97 Å². The molecule has 0 radical (unpaired) electrons. The van der Waals surface area contributed by atoms with Crippen LogP contribution in [0.4, 0.5) is 0 Å². The van der Waals surface area contributed by atoms with E-state index in [0.29, 0.717) is 12.1 Å². The molecule has 0 aliphatic heterocycles. The average Bonchev–Trinajstić information content (AvgIpc) is 2.05. The number of nitrogens with zero attached hydrogens (tertiary/aromatic N) is 1. The van der Waals surface area contributed by atoms with Crippen LogP contribution in [0.2, 0.25) is 0 Å². The summed E-state index contributed by atoms with van der Waals surface area (Å²) in [7, 11) is 0. The Morgan fingerprint density at radius 3 is 2.92 bits per heavy atom. The summed E-state index contributed by atoms with van der Waals surface area (Å²) in [5, 5.41) is 8.16. The minimum absolute atomic E-state index is 0.130. The molecule has 4 nitrogen and oxygen atoms in total. The molecule has 2 N–H and O–H groups in total. The molecule has 0 rings (SSSR count). The predicted molar refractivity (Wildman–Crippen MR) is 48.4 cm³/mol. The molecular formula is C9H14N2O2. The Labute approximate surface area is 78.0 Å². The molecule has 0 aromatic heterocycles. The van der Waals surface area contributed by atoms with Crippen LogP contribution in [0.25, 0.3) is 0 Å². The van der Waals surface area contributed by atoms with Gasteiger partial charge in [-0.3, -0.25) is 0 Å². The monoisotopic (exact) mass is 182 g/mol. The highest BCUT2D eigenvalue weighted by Crippen LogP contribution is 1.97. The van der Waals surface area contributed by atoms with Crippen molar-refractivity contribution in [1.82, 2.24) is 0 Å². The van der Waals surface area contributed by atoms with Crippen molar-refractivity contribution in [2.45, 2.75) is 26.2 Å². The molecule has 0 spiro atoms. The van der Waals surface area contributed by atoms with Crippen LogP contribution in [0, 0.1) is 11.3 Å². The molecule has 0 saturated heterocycles. The molecule has 13 heavy (non-hydrogen) atoms. The third-order valence-electron chi connectivity index (χ3n) is 1.30. The Kier molecular flexibility index (Phi) is 6.34. The van der Waals surface area contributed by atoms with E-state index in [1.807, 2.05) is 13.0 Å². The summed E-state index contributed by atoms with van der Waals surface area (Å²) in [6.45, 7) is 2.10. The lowest BCUT2D eigenvalue weighted by Gasteiger charge is -1.99. The van der Waals surface area contributed by atoms with Crippen molar-refractivity contribution in [3.05, 3.63) is 11.8 Å². The van der Waals surface area contributed by atoms with E-state index in [4.69, 9.17) is 11.0 Å². The quantitative estimate of drug-likeness (QED) is 0.392. The number of rotatable bonds is 5. The number of ether oxygens (including phenoxy) is 1. The molecule has 0 aromatic carbocycles. The number of hydrogen-bond acceptors (Lipinski definition) is 4. The Balaban J connectivity index is 3.73. The summed E-state index contributed by atoms with van der Waals surface area (Å²) in [4.78, 5) is 10.9. The van der Waals surface area contributed by atoms with Crippen molar-refractivity contribution in [2.24, 2.45) is 5.73 Å². The van der Waals surface area contributed by atoms with E-state index in [0.717, 1.165) is 6.42 Å². The fraction of sp³-hybridized carbons (Fsp3) is 0.556. The molecule has 0 saturated carbocycles. The first-order chi connectivity index (χ1) is 6.20. The number of allylic oxidation sites excluding steroid dienone is 1. The second kappa shape index (κ2) is 7.17. The van der Waals surface area contributed by atoms with Crippen LogP contribution >= 0.6 is 0 Å². The first-order valence-corrected chi connectivity index (χ1v) is 4.20. The molecule has 0 aliphatic rings. The largest absolute Gasteiger partial charge is 0.461 e. The molecule has 0 bridgehead atoms. The molecule has 0 unspecified atom stereocenters. The van der Waals surface area contributed by atoms with Gasteiger partial charge in [0.1, 0.15) is 6.61 Å². The van der Waals surface area contributed by atoms with E-state index in [1.54, 1.807) is 0 Å². The number of carbonyl (C=O) groups excluding carboxylic acids is 1. The van der Waals surface area contributed by atoms with Crippen LogP contribution in [0.15, 0.2) is 11.8 Å². The van der Waals surface area contributed by atoms with Gasteiger partial charge in [-0.15, -0.1) is 0 Å². The fourth-order valence-electron chi connectivity index (χ4n) is 0.751. The van der Waals surface area contributed by atoms with Crippen LogP contribution in [0.3, 0.4) is 0 Å². The van der Waals surface area contributed by atoms with Gasteiger partial charge in [-0.2, -0.15) is 5.26 Å². The number of nitrogens with two attached hydrogens (primary N) is 1. The molecule has 0 heterocycles. The van der Waals surface area contributed by atoms with E-state index in [1.165, 1.54) is 6.08 Å². The highest BCUT2D eigenvalue weighted by Gasteiger charge is 1.98. The van der Waals surface area contributed by atoms with Crippen LogP contribution < -0.4 is 5.73 Å².